The van der Waals surface area contributed by atoms with Crippen LogP contribution >= 0.6 is 23.6 Å². The summed E-state index contributed by atoms with van der Waals surface area (Å²) in [5.41, 5.74) is 3.61. The summed E-state index contributed by atoms with van der Waals surface area (Å²) in [6, 6.07) is 13.5. The number of amides is 1. The molecule has 1 aromatic carbocycles. The van der Waals surface area contributed by atoms with Crippen molar-refractivity contribution in [2.24, 2.45) is 0 Å². The molecule has 154 valence electrons. The predicted octanol–water partition coefficient (Wildman–Crippen LogP) is 4.60. The van der Waals surface area contributed by atoms with E-state index in [0.29, 0.717) is 16.5 Å². The lowest BCUT2D eigenvalue weighted by Crippen LogP contribution is -2.29. The van der Waals surface area contributed by atoms with Crippen LogP contribution in [0.25, 0.3) is 0 Å². The van der Waals surface area contributed by atoms with Crippen LogP contribution in [0, 0.1) is 6.92 Å². The molecule has 3 aromatic rings. The number of thiocarbonyl (C=S) groups is 1. The molecule has 3 heterocycles. The third-order valence-electron chi connectivity index (χ3n) is 5.04. The second-order valence-electron chi connectivity index (χ2n) is 7.03. The highest BCUT2D eigenvalue weighted by Gasteiger charge is 2.42. The summed E-state index contributed by atoms with van der Waals surface area (Å²) >= 11 is 7.46. The fraction of sp³-hybridized carbons (Fsp3) is 0.227. The Labute approximate surface area is 184 Å². The van der Waals surface area contributed by atoms with Crippen LogP contribution in [0.1, 0.15) is 35.1 Å². The maximum Gasteiger partial charge on any atom is 0.221 e. The largest absolute Gasteiger partial charge is 0.495 e. The monoisotopic (exact) mass is 438 g/mol. The van der Waals surface area contributed by atoms with Gasteiger partial charge in [-0.25, -0.2) is 0 Å². The molecule has 2 aromatic heterocycles. The summed E-state index contributed by atoms with van der Waals surface area (Å²) in [4.78, 5) is 19.6. The van der Waals surface area contributed by atoms with Gasteiger partial charge in [0.05, 0.1) is 30.6 Å². The number of hydrogen-bond acceptors (Lipinski definition) is 5. The van der Waals surface area contributed by atoms with Gasteiger partial charge in [-0.15, -0.1) is 11.3 Å². The van der Waals surface area contributed by atoms with E-state index in [4.69, 9.17) is 17.0 Å². The second-order valence-corrected chi connectivity index (χ2v) is 8.36. The Morgan fingerprint density at radius 1 is 1.30 bits per heavy atom. The molecule has 1 saturated heterocycles. The van der Waals surface area contributed by atoms with Gasteiger partial charge in [0, 0.05) is 23.7 Å². The number of hydrogen-bond donors (Lipinski definition) is 2. The lowest BCUT2D eigenvalue weighted by molar-refractivity contribution is -0.114. The number of pyridine rings is 1. The molecule has 30 heavy (non-hydrogen) atoms. The van der Waals surface area contributed by atoms with Crippen molar-refractivity contribution in [2.75, 3.05) is 17.3 Å². The molecule has 0 radical (unpaired) electrons. The first-order valence-corrected chi connectivity index (χ1v) is 10.8. The minimum atomic E-state index is -0.162. The number of thiophene rings is 1. The highest BCUT2D eigenvalue weighted by Crippen LogP contribution is 2.45. The average Bonchev–Trinajstić information content (AvgIpc) is 3.30. The predicted molar refractivity (Wildman–Crippen MR) is 124 cm³/mol. The van der Waals surface area contributed by atoms with Gasteiger partial charge >= 0.3 is 0 Å². The van der Waals surface area contributed by atoms with E-state index < -0.39 is 0 Å². The number of rotatable bonds is 5. The first-order valence-electron chi connectivity index (χ1n) is 9.50. The first kappa shape index (κ1) is 20.3. The maximum absolute atomic E-state index is 11.7. The number of methoxy groups -OCH3 is 1. The van der Waals surface area contributed by atoms with E-state index in [9.17, 15) is 4.79 Å². The van der Waals surface area contributed by atoms with Gasteiger partial charge in [-0.3, -0.25) is 9.78 Å². The number of aryl methyl sites for hydroxylation is 1. The van der Waals surface area contributed by atoms with Gasteiger partial charge in [0.2, 0.25) is 5.91 Å². The van der Waals surface area contributed by atoms with Gasteiger partial charge in [0.15, 0.2) is 5.11 Å². The van der Waals surface area contributed by atoms with Crippen molar-refractivity contribution in [1.29, 1.82) is 0 Å². The molecule has 1 amide bonds. The zero-order valence-electron chi connectivity index (χ0n) is 16.9. The molecule has 0 aliphatic carbocycles. The Bertz CT molecular complexity index is 1080. The SMILES string of the molecule is COc1ccc(N2C(=S)N[C@H](c3ccccn3)[C@H]2c2sccc2C)cc1NC(C)=O. The number of carbonyl (C=O) groups is 1. The van der Waals surface area contributed by atoms with Crippen molar-refractivity contribution in [1.82, 2.24) is 10.3 Å². The molecule has 8 heteroatoms. The smallest absolute Gasteiger partial charge is 0.221 e. The molecule has 2 N–H and O–H groups in total. The number of ether oxygens (including phenoxy) is 1. The van der Waals surface area contributed by atoms with Crippen LogP contribution in [-0.2, 0) is 4.79 Å². The zero-order valence-corrected chi connectivity index (χ0v) is 18.5. The molecule has 6 nitrogen and oxygen atoms in total. The molecule has 1 fully saturated rings. The molecule has 1 aliphatic heterocycles. The Morgan fingerprint density at radius 3 is 2.77 bits per heavy atom. The van der Waals surface area contributed by atoms with Gasteiger partial charge in [0.25, 0.3) is 0 Å². The van der Waals surface area contributed by atoms with E-state index in [0.717, 1.165) is 11.4 Å². The van der Waals surface area contributed by atoms with E-state index in [1.807, 2.05) is 36.4 Å². The molecule has 0 unspecified atom stereocenters. The van der Waals surface area contributed by atoms with Crippen LogP contribution in [0.2, 0.25) is 0 Å². The number of benzene rings is 1. The van der Waals surface area contributed by atoms with Gasteiger partial charge in [0.1, 0.15) is 5.75 Å². The minimum Gasteiger partial charge on any atom is -0.495 e. The summed E-state index contributed by atoms with van der Waals surface area (Å²) < 4.78 is 5.41. The van der Waals surface area contributed by atoms with E-state index in [-0.39, 0.29) is 18.0 Å². The Morgan fingerprint density at radius 2 is 2.13 bits per heavy atom. The normalized spacial score (nSPS) is 18.2. The Hall–Kier alpha value is -2.97. The molecule has 2 atom stereocenters. The molecule has 4 rings (SSSR count). The van der Waals surface area contributed by atoms with Crippen molar-refractivity contribution in [2.45, 2.75) is 25.9 Å². The third kappa shape index (κ3) is 3.76. The second kappa shape index (κ2) is 8.41. The molecular formula is C22H22N4O2S2. The van der Waals surface area contributed by atoms with E-state index in [1.165, 1.54) is 17.4 Å². The van der Waals surface area contributed by atoms with Crippen LogP contribution in [0.4, 0.5) is 11.4 Å². The number of carbonyl (C=O) groups excluding carboxylic acids is 1. The van der Waals surface area contributed by atoms with Crippen LogP contribution in [0.15, 0.2) is 54.0 Å². The van der Waals surface area contributed by atoms with Crippen molar-refractivity contribution in [3.63, 3.8) is 0 Å². The average molecular weight is 439 g/mol. The minimum absolute atomic E-state index is 0.0639. The van der Waals surface area contributed by atoms with Crippen LogP contribution in [0.3, 0.4) is 0 Å². The molecule has 1 aliphatic rings. The quantitative estimate of drug-likeness (QED) is 0.568. The third-order valence-corrected chi connectivity index (χ3v) is 6.44. The molecule has 0 bridgehead atoms. The van der Waals surface area contributed by atoms with Gasteiger partial charge in [-0.05, 0) is 66.5 Å². The summed E-state index contributed by atoms with van der Waals surface area (Å²) in [5.74, 6) is 0.432. The topological polar surface area (TPSA) is 66.5 Å². The van der Waals surface area contributed by atoms with Gasteiger partial charge in [-0.1, -0.05) is 6.07 Å². The Kier molecular flexibility index (Phi) is 5.69. The van der Waals surface area contributed by atoms with Crippen molar-refractivity contribution < 1.29 is 9.53 Å². The standard InChI is InChI=1S/C22H22N4O2S2/c1-13-9-11-30-21(13)20-19(16-6-4-5-10-23-16)25-22(29)26(20)15-7-8-18(28-3)17(12-15)24-14(2)27/h4-12,19-20H,1-3H3,(H,24,27)(H,25,29)/t19-,20+/m1/s1. The fourth-order valence-electron chi connectivity index (χ4n) is 3.72. The summed E-state index contributed by atoms with van der Waals surface area (Å²) in [5, 5.41) is 9.01. The van der Waals surface area contributed by atoms with Crippen LogP contribution in [0.5, 0.6) is 5.75 Å². The summed E-state index contributed by atoms with van der Waals surface area (Å²) in [6.45, 7) is 3.58. The van der Waals surface area contributed by atoms with Crippen molar-refractivity contribution >= 4 is 45.9 Å². The van der Waals surface area contributed by atoms with Gasteiger partial charge in [-0.2, -0.15) is 0 Å². The highest BCUT2D eigenvalue weighted by molar-refractivity contribution is 7.80. The van der Waals surface area contributed by atoms with Crippen molar-refractivity contribution in [3.8, 4) is 5.75 Å². The Balaban J connectivity index is 1.82. The number of aromatic nitrogens is 1. The van der Waals surface area contributed by atoms with E-state index in [1.54, 1.807) is 24.6 Å². The molecule has 0 spiro atoms. The number of anilines is 2. The van der Waals surface area contributed by atoms with E-state index >= 15 is 0 Å². The fourth-order valence-corrected chi connectivity index (χ4v) is 5.12. The molecule has 0 saturated carbocycles. The summed E-state index contributed by atoms with van der Waals surface area (Å²) in [6.07, 6.45) is 1.79. The first-order chi connectivity index (χ1) is 14.5. The highest BCUT2D eigenvalue weighted by atomic mass is 32.1. The lowest BCUT2D eigenvalue weighted by atomic mass is 10.0. The zero-order chi connectivity index (χ0) is 21.3. The maximum atomic E-state index is 11.7. The number of nitrogens with zero attached hydrogens (tertiary/aromatic N) is 2. The number of nitrogens with one attached hydrogen (secondary N) is 2. The van der Waals surface area contributed by atoms with E-state index in [2.05, 4.69) is 38.9 Å². The van der Waals surface area contributed by atoms with Crippen LogP contribution in [-0.4, -0.2) is 23.1 Å². The lowest BCUT2D eigenvalue weighted by Gasteiger charge is -2.28. The molecular weight excluding hydrogens is 416 g/mol. The van der Waals surface area contributed by atoms with Crippen molar-refractivity contribution in [3.05, 3.63) is 70.2 Å². The van der Waals surface area contributed by atoms with Gasteiger partial charge < -0.3 is 20.3 Å². The van der Waals surface area contributed by atoms with Crippen LogP contribution < -0.4 is 20.3 Å². The summed E-state index contributed by atoms with van der Waals surface area (Å²) in [7, 11) is 1.58.